The maximum Gasteiger partial charge on any atom is 0.323 e. The summed E-state index contributed by atoms with van der Waals surface area (Å²) in [4.78, 5) is 12.3. The molecule has 5 nitrogen and oxygen atoms in total. The number of hydrogen-bond donors (Lipinski definition) is 3. The molecule has 0 aliphatic rings. The number of rotatable bonds is 4. The van der Waals surface area contributed by atoms with Crippen LogP contribution in [0.1, 0.15) is 31.9 Å². The van der Waals surface area contributed by atoms with E-state index in [0.717, 1.165) is 22.5 Å². The Labute approximate surface area is 167 Å². The van der Waals surface area contributed by atoms with Crippen LogP contribution in [0.25, 0.3) is 11.3 Å². The maximum atomic E-state index is 12.3. The van der Waals surface area contributed by atoms with Gasteiger partial charge < -0.3 is 10.6 Å². The molecule has 3 N–H and O–H groups in total. The number of hydrogen-bond acceptors (Lipinski definition) is 2. The molecule has 0 radical (unpaired) electrons. The molecule has 140 valence electrons. The molecule has 0 saturated carbocycles. The Bertz CT molecular complexity index is 926. The molecule has 0 bridgehead atoms. The van der Waals surface area contributed by atoms with E-state index in [0.29, 0.717) is 11.0 Å². The van der Waals surface area contributed by atoms with Crippen molar-refractivity contribution in [3.8, 4) is 11.3 Å². The van der Waals surface area contributed by atoms with Gasteiger partial charge in [0.25, 0.3) is 0 Å². The lowest BCUT2D eigenvalue weighted by molar-refractivity contribution is 0.262. The fraction of sp³-hybridized carbons (Fsp3) is 0.238. The summed E-state index contributed by atoms with van der Waals surface area (Å²) in [6.07, 6.45) is 1.86. The van der Waals surface area contributed by atoms with Gasteiger partial charge in [-0.1, -0.05) is 61.0 Å². The number of aromatic amines is 1. The van der Waals surface area contributed by atoms with Gasteiger partial charge in [-0.05, 0) is 35.2 Å². The van der Waals surface area contributed by atoms with Gasteiger partial charge in [-0.2, -0.15) is 5.10 Å². The van der Waals surface area contributed by atoms with Crippen LogP contribution in [0.5, 0.6) is 0 Å². The Balaban J connectivity index is 1.69. The highest BCUT2D eigenvalue weighted by Gasteiger charge is 2.13. The van der Waals surface area contributed by atoms with Crippen LogP contribution in [0.4, 0.5) is 16.2 Å². The summed E-state index contributed by atoms with van der Waals surface area (Å²) in [5.74, 6) is 0. The monoisotopic (exact) mass is 426 g/mol. The van der Waals surface area contributed by atoms with Crippen molar-refractivity contribution in [2.24, 2.45) is 0 Å². The number of benzene rings is 2. The Kier molecular flexibility index (Phi) is 5.65. The van der Waals surface area contributed by atoms with Crippen molar-refractivity contribution in [2.75, 3.05) is 10.6 Å². The highest BCUT2D eigenvalue weighted by Crippen LogP contribution is 2.26. The van der Waals surface area contributed by atoms with Gasteiger partial charge >= 0.3 is 6.03 Å². The van der Waals surface area contributed by atoms with Crippen LogP contribution in [-0.4, -0.2) is 16.2 Å². The zero-order valence-electron chi connectivity index (χ0n) is 15.6. The minimum Gasteiger partial charge on any atom is -0.308 e. The number of H-pyrrole nitrogens is 1. The number of nitrogens with zero attached hydrogens (tertiary/aromatic N) is 1. The first-order valence-electron chi connectivity index (χ1n) is 8.74. The van der Waals surface area contributed by atoms with E-state index in [1.807, 2.05) is 54.7 Å². The fourth-order valence-electron chi connectivity index (χ4n) is 2.76. The van der Waals surface area contributed by atoms with Gasteiger partial charge in [0.2, 0.25) is 0 Å². The molecule has 2 amide bonds. The molecule has 2 aromatic carbocycles. The summed E-state index contributed by atoms with van der Waals surface area (Å²) in [5, 5.41) is 13.6. The Hall–Kier alpha value is -2.60. The number of urea groups is 1. The van der Waals surface area contributed by atoms with Crippen molar-refractivity contribution in [1.82, 2.24) is 10.2 Å². The topological polar surface area (TPSA) is 69.8 Å². The molecule has 3 rings (SSSR count). The minimum atomic E-state index is -0.279. The Morgan fingerprint density at radius 3 is 2.44 bits per heavy atom. The van der Waals surface area contributed by atoms with E-state index in [4.69, 9.17) is 0 Å². The second-order valence-corrected chi connectivity index (χ2v) is 7.94. The molecule has 0 saturated heterocycles. The van der Waals surface area contributed by atoms with Crippen LogP contribution < -0.4 is 10.6 Å². The van der Waals surface area contributed by atoms with Gasteiger partial charge in [0.15, 0.2) is 0 Å². The van der Waals surface area contributed by atoms with Crippen LogP contribution in [0, 0.1) is 0 Å². The van der Waals surface area contributed by atoms with E-state index < -0.39 is 0 Å². The molecular formula is C21H23BrN4O. The third-order valence-electron chi connectivity index (χ3n) is 4.27. The van der Waals surface area contributed by atoms with Crippen LogP contribution in [0.2, 0.25) is 0 Å². The molecule has 0 spiro atoms. The van der Waals surface area contributed by atoms with Gasteiger partial charge in [0.05, 0.1) is 5.69 Å². The third-order valence-corrected chi connectivity index (χ3v) is 4.87. The van der Waals surface area contributed by atoms with E-state index in [1.54, 1.807) is 0 Å². The van der Waals surface area contributed by atoms with Crippen molar-refractivity contribution in [1.29, 1.82) is 0 Å². The molecule has 0 fully saturated rings. The van der Waals surface area contributed by atoms with Crippen molar-refractivity contribution < 1.29 is 4.79 Å². The van der Waals surface area contributed by atoms with Crippen molar-refractivity contribution >= 4 is 33.3 Å². The van der Waals surface area contributed by atoms with Crippen molar-refractivity contribution in [2.45, 2.75) is 31.5 Å². The normalized spacial score (nSPS) is 11.3. The van der Waals surface area contributed by atoms with Gasteiger partial charge in [0, 0.05) is 34.0 Å². The number of halogens is 1. The minimum absolute atomic E-state index is 0.0848. The van der Waals surface area contributed by atoms with Crippen LogP contribution in [0.15, 0.2) is 54.7 Å². The molecule has 1 aromatic heterocycles. The van der Waals surface area contributed by atoms with Crippen LogP contribution >= 0.6 is 15.9 Å². The number of nitrogens with one attached hydrogen (secondary N) is 3. The summed E-state index contributed by atoms with van der Waals surface area (Å²) < 4.78 is 0. The van der Waals surface area contributed by atoms with Crippen molar-refractivity contribution in [3.05, 3.63) is 65.9 Å². The molecule has 1 heterocycles. The SMILES string of the molecule is CC(C)(C)c1ccc(NC(=O)Nc2cccc(-c3n[nH]cc3CBr)c2)cc1. The molecule has 0 unspecified atom stereocenters. The largest absolute Gasteiger partial charge is 0.323 e. The predicted octanol–water partition coefficient (Wildman–Crippen LogP) is 5.91. The lowest BCUT2D eigenvalue weighted by Crippen LogP contribution is -2.19. The van der Waals surface area contributed by atoms with Crippen LogP contribution in [0.3, 0.4) is 0 Å². The molecule has 6 heteroatoms. The molecule has 3 aromatic rings. The number of amides is 2. The summed E-state index contributed by atoms with van der Waals surface area (Å²) in [6, 6.07) is 15.3. The average Bonchev–Trinajstić information content (AvgIpc) is 3.10. The maximum absolute atomic E-state index is 12.3. The van der Waals surface area contributed by atoms with E-state index >= 15 is 0 Å². The Morgan fingerprint density at radius 2 is 1.78 bits per heavy atom. The van der Waals surface area contributed by atoms with Gasteiger partial charge in [-0.15, -0.1) is 0 Å². The van der Waals surface area contributed by atoms with Crippen molar-refractivity contribution in [3.63, 3.8) is 0 Å². The lowest BCUT2D eigenvalue weighted by Gasteiger charge is -2.19. The van der Waals surface area contributed by atoms with Gasteiger partial charge in [-0.25, -0.2) is 4.79 Å². The zero-order valence-corrected chi connectivity index (χ0v) is 17.2. The second-order valence-electron chi connectivity index (χ2n) is 7.38. The van der Waals surface area contributed by atoms with E-state index in [2.05, 4.69) is 57.5 Å². The molecule has 27 heavy (non-hydrogen) atoms. The number of carbonyl (C=O) groups is 1. The number of alkyl halides is 1. The highest BCUT2D eigenvalue weighted by molar-refractivity contribution is 9.08. The van der Waals surface area contributed by atoms with E-state index in [-0.39, 0.29) is 11.4 Å². The Morgan fingerprint density at radius 1 is 1.07 bits per heavy atom. The summed E-state index contributed by atoms with van der Waals surface area (Å²) in [7, 11) is 0. The average molecular weight is 427 g/mol. The number of anilines is 2. The first-order valence-corrected chi connectivity index (χ1v) is 9.86. The molecule has 0 atom stereocenters. The zero-order chi connectivity index (χ0) is 19.4. The summed E-state index contributed by atoms with van der Waals surface area (Å²) in [6.45, 7) is 6.49. The smallest absolute Gasteiger partial charge is 0.308 e. The second kappa shape index (κ2) is 7.96. The predicted molar refractivity (Wildman–Crippen MR) is 114 cm³/mol. The lowest BCUT2D eigenvalue weighted by atomic mass is 9.87. The molecule has 0 aliphatic carbocycles. The standard InChI is InChI=1S/C21H23BrN4O/c1-21(2,3)16-7-9-17(10-8-16)24-20(27)25-18-6-4-5-14(11-18)19-15(12-22)13-23-26-19/h4-11,13H,12H2,1-3H3,(H,23,26)(H2,24,25,27). The highest BCUT2D eigenvalue weighted by atomic mass is 79.9. The molecule has 0 aliphatic heterocycles. The van der Waals surface area contributed by atoms with E-state index in [1.165, 1.54) is 5.56 Å². The number of aromatic nitrogens is 2. The summed E-state index contributed by atoms with van der Waals surface area (Å²) >= 11 is 3.46. The summed E-state index contributed by atoms with van der Waals surface area (Å²) in [5.41, 5.74) is 5.65. The van der Waals surface area contributed by atoms with Gasteiger partial charge in [-0.3, -0.25) is 5.10 Å². The number of carbonyl (C=O) groups excluding carboxylic acids is 1. The third kappa shape index (κ3) is 4.77. The first-order chi connectivity index (χ1) is 12.9. The molecular weight excluding hydrogens is 404 g/mol. The van der Waals surface area contributed by atoms with Gasteiger partial charge in [0.1, 0.15) is 0 Å². The van der Waals surface area contributed by atoms with E-state index in [9.17, 15) is 4.79 Å². The fourth-order valence-corrected chi connectivity index (χ4v) is 3.19. The quantitative estimate of drug-likeness (QED) is 0.453. The first kappa shape index (κ1) is 19.2. The van der Waals surface area contributed by atoms with Crippen LogP contribution in [-0.2, 0) is 10.7 Å².